The highest BCUT2D eigenvalue weighted by Crippen LogP contribution is 2.32. The molecule has 2 aromatic carbocycles. The highest BCUT2D eigenvalue weighted by Gasteiger charge is 2.14. The molecular formula is C15H15NO3. The molecule has 4 heteroatoms. The molecule has 0 fully saturated rings. The van der Waals surface area contributed by atoms with Crippen LogP contribution >= 0.6 is 0 Å². The number of hydrogen-bond donors (Lipinski definition) is 3. The first-order valence-electron chi connectivity index (χ1n) is 6.15. The van der Waals surface area contributed by atoms with Gasteiger partial charge in [-0.15, -0.1) is 0 Å². The zero-order valence-electron chi connectivity index (χ0n) is 10.4. The molecule has 0 radical (unpaired) electrons. The van der Waals surface area contributed by atoms with Crippen LogP contribution in [0.2, 0.25) is 0 Å². The highest BCUT2D eigenvalue weighted by atomic mass is 16.3. The summed E-state index contributed by atoms with van der Waals surface area (Å²) in [6.45, 7) is -0.336. The van der Waals surface area contributed by atoms with E-state index in [4.69, 9.17) is 0 Å². The van der Waals surface area contributed by atoms with Crippen molar-refractivity contribution in [3.63, 3.8) is 0 Å². The van der Waals surface area contributed by atoms with Gasteiger partial charge in [-0.2, -0.15) is 0 Å². The number of para-hydroxylation sites is 1. The third-order valence-electron chi connectivity index (χ3n) is 3.50. The molecule has 0 aliphatic carbocycles. The summed E-state index contributed by atoms with van der Waals surface area (Å²) < 4.78 is 1.78. The van der Waals surface area contributed by atoms with Crippen LogP contribution in [0.25, 0.3) is 21.8 Å². The van der Waals surface area contributed by atoms with Crippen molar-refractivity contribution in [3.05, 3.63) is 47.5 Å². The summed E-state index contributed by atoms with van der Waals surface area (Å²) in [4.78, 5) is 0. The third kappa shape index (κ3) is 1.73. The van der Waals surface area contributed by atoms with E-state index < -0.39 is 0 Å². The molecule has 0 saturated heterocycles. The van der Waals surface area contributed by atoms with Crippen molar-refractivity contribution in [3.8, 4) is 0 Å². The summed E-state index contributed by atoms with van der Waals surface area (Å²) in [6, 6.07) is 11.4. The Morgan fingerprint density at radius 1 is 0.895 bits per heavy atom. The molecule has 3 rings (SSSR count). The first-order chi connectivity index (χ1) is 9.30. The Morgan fingerprint density at radius 2 is 1.68 bits per heavy atom. The zero-order chi connectivity index (χ0) is 13.4. The molecule has 19 heavy (non-hydrogen) atoms. The minimum Gasteiger partial charge on any atom is -0.392 e. The number of benzene rings is 2. The van der Waals surface area contributed by atoms with Gasteiger partial charge >= 0.3 is 0 Å². The molecule has 1 aromatic heterocycles. The number of rotatable bonds is 3. The van der Waals surface area contributed by atoms with Crippen LogP contribution in [0.1, 0.15) is 11.1 Å². The van der Waals surface area contributed by atoms with Crippen LogP contribution in [0.4, 0.5) is 0 Å². The Balaban J connectivity index is 2.54. The number of aromatic nitrogens is 1. The fourth-order valence-corrected chi connectivity index (χ4v) is 2.70. The van der Waals surface area contributed by atoms with Gasteiger partial charge in [0.05, 0.1) is 24.2 Å². The van der Waals surface area contributed by atoms with E-state index in [-0.39, 0.29) is 19.9 Å². The fraction of sp³-hybridized carbons (Fsp3) is 0.200. The maximum Gasteiger partial charge on any atom is 0.120 e. The lowest BCUT2D eigenvalue weighted by Gasteiger charge is -2.08. The van der Waals surface area contributed by atoms with Crippen molar-refractivity contribution in [1.29, 1.82) is 0 Å². The van der Waals surface area contributed by atoms with Crippen molar-refractivity contribution >= 4 is 21.8 Å². The molecular weight excluding hydrogens is 242 g/mol. The summed E-state index contributed by atoms with van der Waals surface area (Å²) in [7, 11) is 0. The van der Waals surface area contributed by atoms with Crippen molar-refractivity contribution in [2.45, 2.75) is 19.9 Å². The van der Waals surface area contributed by atoms with Gasteiger partial charge in [-0.25, -0.2) is 0 Å². The standard InChI is InChI=1S/C15H15NO3/c17-7-10-5-11(8-18)15-13(6-10)12-3-1-2-4-14(12)16(15)9-19/h1-6,17-19H,7-9H2. The van der Waals surface area contributed by atoms with Gasteiger partial charge in [0.2, 0.25) is 0 Å². The van der Waals surface area contributed by atoms with Crippen LogP contribution < -0.4 is 0 Å². The predicted octanol–water partition coefficient (Wildman–Crippen LogP) is 1.73. The molecule has 0 amide bonds. The largest absolute Gasteiger partial charge is 0.392 e. The Kier molecular flexibility index (Phi) is 2.98. The summed E-state index contributed by atoms with van der Waals surface area (Å²) in [5.41, 5.74) is 3.22. The van der Waals surface area contributed by atoms with Gasteiger partial charge in [0.15, 0.2) is 0 Å². The zero-order valence-corrected chi connectivity index (χ0v) is 10.4. The number of aliphatic hydroxyl groups excluding tert-OH is 3. The van der Waals surface area contributed by atoms with Crippen LogP contribution in [0.3, 0.4) is 0 Å². The molecule has 98 valence electrons. The molecule has 0 aliphatic heterocycles. The van der Waals surface area contributed by atoms with Crippen LogP contribution in [-0.2, 0) is 19.9 Å². The lowest BCUT2D eigenvalue weighted by atomic mass is 10.1. The number of hydrogen-bond acceptors (Lipinski definition) is 3. The van der Waals surface area contributed by atoms with E-state index in [2.05, 4.69) is 0 Å². The minimum absolute atomic E-state index is 0.0679. The average Bonchev–Trinajstić information content (AvgIpc) is 2.80. The molecule has 3 N–H and O–H groups in total. The quantitative estimate of drug-likeness (QED) is 0.669. The van der Waals surface area contributed by atoms with Crippen LogP contribution in [-0.4, -0.2) is 19.9 Å². The van der Waals surface area contributed by atoms with E-state index in [1.165, 1.54) is 0 Å². The van der Waals surface area contributed by atoms with Crippen LogP contribution in [0.15, 0.2) is 36.4 Å². The smallest absolute Gasteiger partial charge is 0.120 e. The third-order valence-corrected chi connectivity index (χ3v) is 3.50. The first kappa shape index (κ1) is 12.2. The van der Waals surface area contributed by atoms with E-state index in [9.17, 15) is 15.3 Å². The van der Waals surface area contributed by atoms with E-state index >= 15 is 0 Å². The normalized spacial score (nSPS) is 11.5. The molecule has 0 spiro atoms. The molecule has 0 aliphatic rings. The van der Waals surface area contributed by atoms with Gasteiger partial charge in [0.25, 0.3) is 0 Å². The molecule has 4 nitrogen and oxygen atoms in total. The second-order valence-electron chi connectivity index (χ2n) is 4.55. The van der Waals surface area contributed by atoms with Crippen molar-refractivity contribution in [2.24, 2.45) is 0 Å². The maximum atomic E-state index is 9.60. The van der Waals surface area contributed by atoms with Gasteiger partial charge in [-0.05, 0) is 23.8 Å². The summed E-state index contributed by atoms with van der Waals surface area (Å²) in [5, 5.41) is 30.4. The molecule has 0 bridgehead atoms. The van der Waals surface area contributed by atoms with Crippen molar-refractivity contribution in [1.82, 2.24) is 4.57 Å². The second-order valence-corrected chi connectivity index (χ2v) is 4.55. The minimum atomic E-state index is -0.143. The van der Waals surface area contributed by atoms with E-state index in [0.717, 1.165) is 27.4 Å². The molecule has 0 unspecified atom stereocenters. The van der Waals surface area contributed by atoms with Gasteiger partial charge in [0.1, 0.15) is 6.73 Å². The van der Waals surface area contributed by atoms with Crippen molar-refractivity contribution in [2.75, 3.05) is 0 Å². The molecule has 0 saturated carbocycles. The Morgan fingerprint density at radius 3 is 2.37 bits per heavy atom. The van der Waals surface area contributed by atoms with Gasteiger partial charge in [-0.1, -0.05) is 18.2 Å². The van der Waals surface area contributed by atoms with Gasteiger partial charge in [0, 0.05) is 16.3 Å². The maximum absolute atomic E-state index is 9.60. The molecule has 1 heterocycles. The van der Waals surface area contributed by atoms with Crippen molar-refractivity contribution < 1.29 is 15.3 Å². The topological polar surface area (TPSA) is 65.6 Å². The Hall–Kier alpha value is -1.88. The van der Waals surface area contributed by atoms with Gasteiger partial charge in [-0.3, -0.25) is 0 Å². The number of aliphatic hydroxyl groups is 3. The average molecular weight is 257 g/mol. The lowest BCUT2D eigenvalue weighted by molar-refractivity contribution is 0.219. The van der Waals surface area contributed by atoms with E-state index in [1.807, 2.05) is 30.3 Å². The first-order valence-corrected chi connectivity index (χ1v) is 6.15. The fourth-order valence-electron chi connectivity index (χ4n) is 2.70. The van der Waals surface area contributed by atoms with Crippen LogP contribution in [0.5, 0.6) is 0 Å². The Bertz CT molecular complexity index is 746. The highest BCUT2D eigenvalue weighted by molar-refractivity contribution is 6.09. The lowest BCUT2D eigenvalue weighted by Crippen LogP contribution is -2.00. The van der Waals surface area contributed by atoms with Gasteiger partial charge < -0.3 is 19.9 Å². The molecule has 3 aromatic rings. The number of nitrogens with zero attached hydrogens (tertiary/aromatic N) is 1. The summed E-state index contributed by atoms with van der Waals surface area (Å²) in [6.07, 6.45) is 0. The van der Waals surface area contributed by atoms with E-state index in [1.54, 1.807) is 10.6 Å². The van der Waals surface area contributed by atoms with E-state index in [0.29, 0.717) is 5.56 Å². The molecule has 0 atom stereocenters. The Labute approximate surface area is 110 Å². The summed E-state index contributed by atoms with van der Waals surface area (Å²) in [5.74, 6) is 0. The predicted molar refractivity (Wildman–Crippen MR) is 73.5 cm³/mol. The monoisotopic (exact) mass is 257 g/mol. The van der Waals surface area contributed by atoms with Crippen LogP contribution in [0, 0.1) is 0 Å². The number of fused-ring (bicyclic) bond motifs is 3. The summed E-state index contributed by atoms with van der Waals surface area (Å²) >= 11 is 0. The second kappa shape index (κ2) is 4.66. The SMILES string of the molecule is OCc1cc(CO)c2c(c1)c1ccccc1n2CO.